The second kappa shape index (κ2) is 5.43. The number of hydrogen-bond acceptors (Lipinski definition) is 5. The van der Waals surface area contributed by atoms with Crippen molar-refractivity contribution in [1.29, 1.82) is 0 Å². The van der Waals surface area contributed by atoms with E-state index in [1.807, 2.05) is 6.08 Å². The van der Waals surface area contributed by atoms with E-state index < -0.39 is 39.9 Å². The number of phenolic OH excluding ortho intramolecular Hbond substituents is 1. The summed E-state index contributed by atoms with van der Waals surface area (Å²) >= 11 is 0. The molecule has 3 unspecified atom stereocenters. The lowest BCUT2D eigenvalue weighted by molar-refractivity contribution is -0.117. The highest BCUT2D eigenvalue weighted by atomic mass is 32.2. The molecule has 3 N–H and O–H groups in total. The summed E-state index contributed by atoms with van der Waals surface area (Å²) in [5.74, 6) is -1.84. The van der Waals surface area contributed by atoms with E-state index >= 15 is 4.39 Å². The Morgan fingerprint density at radius 1 is 1.32 bits per heavy atom. The molecule has 25 heavy (non-hydrogen) atoms. The van der Waals surface area contributed by atoms with Crippen molar-refractivity contribution in [3.05, 3.63) is 29.6 Å². The summed E-state index contributed by atoms with van der Waals surface area (Å²) in [5.41, 5.74) is 0.520. The standard InChI is InChI=1S/C16H18FN3O4S/c1-8-9-2-4-12(18-8)11(6-9)10-3-5-13(21)16(15(10)17)20-7-14(22)19-25(20,23)24/h3,5-6,8-9,12,18,21H,2,4,7H2,1H3,(H,19,22). The number of phenols is 1. The summed E-state index contributed by atoms with van der Waals surface area (Å²) in [6.07, 6.45) is 3.92. The van der Waals surface area contributed by atoms with Gasteiger partial charge in [0.05, 0.1) is 0 Å². The summed E-state index contributed by atoms with van der Waals surface area (Å²) in [5, 5.41) is 13.5. The minimum atomic E-state index is -4.20. The number of carbonyl (C=O) groups excluding carboxylic acids is 1. The first-order valence-electron chi connectivity index (χ1n) is 8.11. The number of halogens is 1. The van der Waals surface area contributed by atoms with Crippen molar-refractivity contribution in [3.8, 4) is 5.75 Å². The van der Waals surface area contributed by atoms with Gasteiger partial charge in [0.15, 0.2) is 5.82 Å². The molecule has 0 aromatic heterocycles. The van der Waals surface area contributed by atoms with Crippen molar-refractivity contribution < 1.29 is 22.7 Å². The average molecular weight is 367 g/mol. The van der Waals surface area contributed by atoms with Crippen molar-refractivity contribution in [2.24, 2.45) is 5.92 Å². The topological polar surface area (TPSA) is 98.7 Å². The minimum absolute atomic E-state index is 0.0122. The maximum atomic E-state index is 15.2. The smallest absolute Gasteiger partial charge is 0.326 e. The molecular weight excluding hydrogens is 349 g/mol. The van der Waals surface area contributed by atoms with Crippen molar-refractivity contribution >= 4 is 27.4 Å². The van der Waals surface area contributed by atoms with E-state index in [-0.39, 0.29) is 17.5 Å². The van der Waals surface area contributed by atoms with Gasteiger partial charge in [0, 0.05) is 17.6 Å². The molecule has 3 aliphatic heterocycles. The van der Waals surface area contributed by atoms with E-state index in [9.17, 15) is 18.3 Å². The Labute approximate surface area is 144 Å². The SMILES string of the molecule is CC1NC2CCC1C=C2c1ccc(O)c(N2CC(=O)NS2(=O)=O)c1F. The molecule has 4 aliphatic rings. The zero-order valence-corrected chi connectivity index (χ0v) is 14.3. The van der Waals surface area contributed by atoms with E-state index in [0.717, 1.165) is 18.4 Å². The van der Waals surface area contributed by atoms with Crippen LogP contribution in [0.15, 0.2) is 18.2 Å². The third-order valence-corrected chi connectivity index (χ3v) is 6.52. The van der Waals surface area contributed by atoms with Gasteiger partial charge in [0.1, 0.15) is 18.0 Å². The highest BCUT2D eigenvalue weighted by molar-refractivity contribution is 7.92. The fourth-order valence-corrected chi connectivity index (χ4v) is 5.05. The lowest BCUT2D eigenvalue weighted by Crippen LogP contribution is -2.49. The van der Waals surface area contributed by atoms with Crippen LogP contribution in [0.4, 0.5) is 10.1 Å². The Bertz CT molecular complexity index is 899. The minimum Gasteiger partial charge on any atom is -0.506 e. The number of rotatable bonds is 2. The van der Waals surface area contributed by atoms with Crippen LogP contribution >= 0.6 is 0 Å². The van der Waals surface area contributed by atoms with Crippen molar-refractivity contribution in [2.45, 2.75) is 31.8 Å². The predicted molar refractivity (Wildman–Crippen MR) is 89.6 cm³/mol. The van der Waals surface area contributed by atoms with E-state index in [0.29, 0.717) is 10.3 Å². The van der Waals surface area contributed by atoms with E-state index in [4.69, 9.17) is 0 Å². The number of carbonyl (C=O) groups is 1. The maximum absolute atomic E-state index is 15.2. The molecular formula is C16H18FN3O4S. The van der Waals surface area contributed by atoms with Crippen LogP contribution in [-0.4, -0.2) is 38.1 Å². The summed E-state index contributed by atoms with van der Waals surface area (Å²) in [6, 6.07) is 3.01. The lowest BCUT2D eigenvalue weighted by atomic mass is 9.76. The van der Waals surface area contributed by atoms with E-state index in [2.05, 4.69) is 12.2 Å². The molecule has 0 saturated carbocycles. The van der Waals surface area contributed by atoms with Crippen molar-refractivity contribution in [3.63, 3.8) is 0 Å². The monoisotopic (exact) mass is 367 g/mol. The van der Waals surface area contributed by atoms with Gasteiger partial charge >= 0.3 is 10.2 Å². The molecule has 1 amide bonds. The molecule has 1 aromatic carbocycles. The van der Waals surface area contributed by atoms with Gasteiger partial charge < -0.3 is 10.4 Å². The first kappa shape index (κ1) is 16.3. The molecule has 134 valence electrons. The third-order valence-electron chi connectivity index (χ3n) is 5.14. The quantitative estimate of drug-likeness (QED) is 0.720. The molecule has 7 nitrogen and oxygen atoms in total. The number of fused-ring (bicyclic) bond motifs is 2. The average Bonchev–Trinajstić information content (AvgIpc) is 2.81. The van der Waals surface area contributed by atoms with Gasteiger partial charge in [-0.1, -0.05) is 6.08 Å². The molecule has 2 fully saturated rings. The zero-order valence-electron chi connectivity index (χ0n) is 13.5. The van der Waals surface area contributed by atoms with E-state index in [1.54, 1.807) is 4.72 Å². The second-order valence-electron chi connectivity index (χ2n) is 6.70. The van der Waals surface area contributed by atoms with Crippen LogP contribution in [0.25, 0.3) is 5.57 Å². The summed E-state index contributed by atoms with van der Waals surface area (Å²) in [7, 11) is -4.20. The fraction of sp³-hybridized carbons (Fsp3) is 0.438. The van der Waals surface area contributed by atoms with Gasteiger partial charge in [-0.15, -0.1) is 0 Å². The molecule has 1 aliphatic carbocycles. The predicted octanol–water partition coefficient (Wildman–Crippen LogP) is 0.866. The van der Waals surface area contributed by atoms with Gasteiger partial charge in [0.25, 0.3) is 5.91 Å². The van der Waals surface area contributed by atoms with Gasteiger partial charge in [-0.3, -0.25) is 4.79 Å². The second-order valence-corrected chi connectivity index (χ2v) is 8.30. The molecule has 5 rings (SSSR count). The first-order chi connectivity index (χ1) is 11.8. The number of nitrogens with zero attached hydrogens (tertiary/aromatic N) is 1. The molecule has 9 heteroatoms. The Morgan fingerprint density at radius 3 is 2.64 bits per heavy atom. The first-order valence-corrected chi connectivity index (χ1v) is 9.55. The Morgan fingerprint density at radius 2 is 2.08 bits per heavy atom. The van der Waals surface area contributed by atoms with Crippen molar-refractivity contribution in [1.82, 2.24) is 10.0 Å². The molecule has 1 aromatic rings. The van der Waals surface area contributed by atoms with Crippen LogP contribution in [0.1, 0.15) is 25.3 Å². The molecule has 0 radical (unpaired) electrons. The van der Waals surface area contributed by atoms with Crippen LogP contribution < -0.4 is 14.3 Å². The number of amides is 1. The molecule has 2 saturated heterocycles. The number of hydrogen-bond donors (Lipinski definition) is 3. The van der Waals surface area contributed by atoms with Crippen LogP contribution in [0.5, 0.6) is 5.75 Å². The molecule has 3 heterocycles. The summed E-state index contributed by atoms with van der Waals surface area (Å²) in [6.45, 7) is 1.52. The van der Waals surface area contributed by atoms with Gasteiger partial charge in [0.2, 0.25) is 0 Å². The zero-order chi connectivity index (χ0) is 17.9. The third kappa shape index (κ3) is 2.49. The normalized spacial score (nSPS) is 30.3. The lowest BCUT2D eigenvalue weighted by Gasteiger charge is -2.41. The van der Waals surface area contributed by atoms with Gasteiger partial charge in [-0.25, -0.2) is 13.4 Å². The Kier molecular flexibility index (Phi) is 3.55. The molecule has 0 spiro atoms. The maximum Gasteiger partial charge on any atom is 0.326 e. The van der Waals surface area contributed by atoms with Crippen molar-refractivity contribution in [2.75, 3.05) is 10.8 Å². The highest BCUT2D eigenvalue weighted by Gasteiger charge is 2.40. The largest absolute Gasteiger partial charge is 0.506 e. The van der Waals surface area contributed by atoms with Gasteiger partial charge in [-0.05, 0) is 43.4 Å². The molecule has 2 bridgehead atoms. The Hall–Kier alpha value is -2.13. The van der Waals surface area contributed by atoms with Crippen LogP contribution in [0.3, 0.4) is 0 Å². The highest BCUT2D eigenvalue weighted by Crippen LogP contribution is 2.42. The van der Waals surface area contributed by atoms with E-state index in [1.165, 1.54) is 12.1 Å². The van der Waals surface area contributed by atoms with Crippen LogP contribution in [0, 0.1) is 11.7 Å². The summed E-state index contributed by atoms with van der Waals surface area (Å²) in [4.78, 5) is 11.4. The number of piperidine rings is 1. The number of benzene rings is 1. The fourth-order valence-electron chi connectivity index (χ4n) is 3.89. The number of anilines is 1. The Balaban J connectivity index is 1.83. The molecule has 3 atom stereocenters. The number of nitrogens with one attached hydrogen (secondary N) is 2. The van der Waals surface area contributed by atoms with Crippen LogP contribution in [0.2, 0.25) is 0 Å². The van der Waals surface area contributed by atoms with Gasteiger partial charge in [-0.2, -0.15) is 8.42 Å². The van der Waals surface area contributed by atoms with Crippen LogP contribution in [-0.2, 0) is 15.0 Å². The summed E-state index contributed by atoms with van der Waals surface area (Å²) < 4.78 is 41.6. The number of aromatic hydroxyl groups is 1.